The molecule has 4 aromatic rings. The molecule has 156 valence electrons. The highest BCUT2D eigenvalue weighted by molar-refractivity contribution is 6.14. The topological polar surface area (TPSA) is 45.8 Å². The second-order valence-corrected chi connectivity index (χ2v) is 7.68. The average Bonchev–Trinajstić information content (AvgIpc) is 3.27. The van der Waals surface area contributed by atoms with Crippen LogP contribution < -0.4 is 4.90 Å². The van der Waals surface area contributed by atoms with E-state index in [0.29, 0.717) is 11.3 Å². The number of halogens is 2. The van der Waals surface area contributed by atoms with E-state index in [2.05, 4.69) is 10.2 Å². The Balaban J connectivity index is 1.61. The number of aromatic nitrogens is 3. The van der Waals surface area contributed by atoms with Gasteiger partial charge in [-0.05, 0) is 6.07 Å². The van der Waals surface area contributed by atoms with Crippen molar-refractivity contribution in [3.63, 3.8) is 0 Å². The molecule has 1 aliphatic rings. The molecule has 2 aromatic heterocycles. The lowest BCUT2D eigenvalue weighted by Gasteiger charge is -2.33. The number of alkyl halides is 2. The molecule has 0 N–H and O–H groups in total. The summed E-state index contributed by atoms with van der Waals surface area (Å²) in [6, 6.07) is 21.9. The summed E-state index contributed by atoms with van der Waals surface area (Å²) < 4.78 is 29.2. The second-order valence-electron chi connectivity index (χ2n) is 7.68. The molecule has 2 aromatic carbocycles. The Kier molecular flexibility index (Phi) is 4.94. The Hall–Kier alpha value is -3.61. The monoisotopic (exact) mass is 417 g/mol. The minimum absolute atomic E-state index is 0.167. The summed E-state index contributed by atoms with van der Waals surface area (Å²) in [7, 11) is 0. The molecule has 0 amide bonds. The number of benzene rings is 2. The van der Waals surface area contributed by atoms with Crippen molar-refractivity contribution in [2.45, 2.75) is 18.8 Å². The van der Waals surface area contributed by atoms with Crippen LogP contribution in [0.15, 0.2) is 84.2 Å². The quantitative estimate of drug-likeness (QED) is 0.432. The standard InChI is InChI=1S/C24H21F2N5/c25-24(26)11-13-30(14-12-24)21-15-20(16-31-17-27-29-23(21)31)28-22(18-7-3-1-4-8-18)19-9-5-2-6-10-19/h1-10,15-17H,11-14H2. The van der Waals surface area contributed by atoms with Crippen molar-refractivity contribution in [1.29, 1.82) is 0 Å². The molecule has 7 heteroatoms. The molecule has 0 unspecified atom stereocenters. The number of anilines is 1. The van der Waals surface area contributed by atoms with E-state index in [4.69, 9.17) is 4.99 Å². The lowest BCUT2D eigenvalue weighted by Crippen LogP contribution is -2.39. The zero-order chi connectivity index (χ0) is 21.3. The van der Waals surface area contributed by atoms with Crippen molar-refractivity contribution in [1.82, 2.24) is 14.6 Å². The molecule has 1 aliphatic heterocycles. The van der Waals surface area contributed by atoms with Crippen LogP contribution in [-0.2, 0) is 0 Å². The van der Waals surface area contributed by atoms with E-state index in [1.807, 2.05) is 77.8 Å². The second kappa shape index (κ2) is 7.91. The highest BCUT2D eigenvalue weighted by Gasteiger charge is 2.34. The van der Waals surface area contributed by atoms with E-state index in [-0.39, 0.29) is 25.9 Å². The van der Waals surface area contributed by atoms with E-state index < -0.39 is 5.92 Å². The van der Waals surface area contributed by atoms with Gasteiger partial charge in [-0.15, -0.1) is 10.2 Å². The van der Waals surface area contributed by atoms with Gasteiger partial charge >= 0.3 is 0 Å². The highest BCUT2D eigenvalue weighted by atomic mass is 19.3. The number of hydrogen-bond acceptors (Lipinski definition) is 4. The molecule has 0 radical (unpaired) electrons. The van der Waals surface area contributed by atoms with Gasteiger partial charge in [0, 0.05) is 43.3 Å². The van der Waals surface area contributed by atoms with Crippen molar-refractivity contribution in [3.05, 3.63) is 90.4 Å². The first-order valence-electron chi connectivity index (χ1n) is 10.2. The summed E-state index contributed by atoms with van der Waals surface area (Å²) in [6.07, 6.45) is 3.14. The van der Waals surface area contributed by atoms with Crippen LogP contribution in [0.25, 0.3) is 5.65 Å². The van der Waals surface area contributed by atoms with Crippen LogP contribution in [0.4, 0.5) is 20.2 Å². The summed E-state index contributed by atoms with van der Waals surface area (Å²) in [5, 5.41) is 8.21. The Bertz CT molecular complexity index is 1170. The summed E-state index contributed by atoms with van der Waals surface area (Å²) >= 11 is 0. The summed E-state index contributed by atoms with van der Waals surface area (Å²) in [6.45, 7) is 0.541. The van der Waals surface area contributed by atoms with Gasteiger partial charge in [0.05, 0.1) is 17.1 Å². The van der Waals surface area contributed by atoms with Crippen LogP contribution in [-0.4, -0.2) is 39.3 Å². The molecular weight excluding hydrogens is 396 g/mol. The lowest BCUT2D eigenvalue weighted by molar-refractivity contribution is -0.0220. The average molecular weight is 417 g/mol. The molecule has 0 aliphatic carbocycles. The minimum atomic E-state index is -2.61. The molecule has 0 bridgehead atoms. The van der Waals surface area contributed by atoms with Crippen molar-refractivity contribution < 1.29 is 8.78 Å². The van der Waals surface area contributed by atoms with Crippen molar-refractivity contribution in [3.8, 4) is 0 Å². The van der Waals surface area contributed by atoms with Crippen LogP contribution >= 0.6 is 0 Å². The predicted molar refractivity (Wildman–Crippen MR) is 118 cm³/mol. The fourth-order valence-electron chi connectivity index (χ4n) is 3.89. The van der Waals surface area contributed by atoms with Crippen LogP contribution in [0.1, 0.15) is 24.0 Å². The van der Waals surface area contributed by atoms with Crippen molar-refractivity contribution in [2.75, 3.05) is 18.0 Å². The van der Waals surface area contributed by atoms with Crippen molar-refractivity contribution >= 4 is 22.7 Å². The molecule has 0 saturated carbocycles. The maximum Gasteiger partial charge on any atom is 0.251 e. The zero-order valence-corrected chi connectivity index (χ0v) is 16.8. The van der Waals surface area contributed by atoms with Gasteiger partial charge in [0.15, 0.2) is 5.65 Å². The van der Waals surface area contributed by atoms with Gasteiger partial charge in [-0.2, -0.15) is 0 Å². The molecule has 1 fully saturated rings. The third kappa shape index (κ3) is 4.03. The number of nitrogens with zero attached hydrogens (tertiary/aromatic N) is 5. The first kappa shape index (κ1) is 19.4. The minimum Gasteiger partial charge on any atom is -0.368 e. The molecular formula is C24H21F2N5. The molecule has 0 atom stereocenters. The predicted octanol–water partition coefficient (Wildman–Crippen LogP) is 5.13. The molecule has 0 spiro atoms. The van der Waals surface area contributed by atoms with E-state index in [0.717, 1.165) is 22.5 Å². The van der Waals surface area contributed by atoms with Crippen molar-refractivity contribution in [2.24, 2.45) is 4.99 Å². The third-order valence-electron chi connectivity index (χ3n) is 5.53. The smallest absolute Gasteiger partial charge is 0.251 e. The zero-order valence-electron chi connectivity index (χ0n) is 16.8. The lowest BCUT2D eigenvalue weighted by atomic mass is 10.0. The molecule has 31 heavy (non-hydrogen) atoms. The van der Waals surface area contributed by atoms with Crippen LogP contribution in [0.3, 0.4) is 0 Å². The molecule has 3 heterocycles. The Labute approximate surface area is 178 Å². The maximum atomic E-state index is 13.7. The molecule has 5 rings (SSSR count). The Morgan fingerprint density at radius 3 is 2.13 bits per heavy atom. The first-order valence-corrected chi connectivity index (χ1v) is 10.2. The van der Waals surface area contributed by atoms with E-state index in [9.17, 15) is 8.78 Å². The Morgan fingerprint density at radius 1 is 0.903 bits per heavy atom. The third-order valence-corrected chi connectivity index (χ3v) is 5.53. The number of aliphatic imine (C=N–C) groups is 1. The van der Waals surface area contributed by atoms with Crippen LogP contribution in [0.5, 0.6) is 0 Å². The number of piperidine rings is 1. The maximum absolute atomic E-state index is 13.7. The fourth-order valence-corrected chi connectivity index (χ4v) is 3.89. The van der Waals surface area contributed by atoms with Gasteiger partial charge in [0.1, 0.15) is 6.33 Å². The molecule has 1 saturated heterocycles. The van der Waals surface area contributed by atoms with E-state index >= 15 is 0 Å². The summed E-state index contributed by atoms with van der Waals surface area (Å²) in [5.41, 5.74) is 4.96. The van der Waals surface area contributed by atoms with Crippen LogP contribution in [0.2, 0.25) is 0 Å². The van der Waals surface area contributed by atoms with Gasteiger partial charge < -0.3 is 4.90 Å². The van der Waals surface area contributed by atoms with Gasteiger partial charge in [0.25, 0.3) is 5.92 Å². The van der Waals surface area contributed by atoms with Gasteiger partial charge in [-0.3, -0.25) is 4.40 Å². The highest BCUT2D eigenvalue weighted by Crippen LogP contribution is 2.34. The van der Waals surface area contributed by atoms with Crippen LogP contribution in [0, 0.1) is 0 Å². The SMILES string of the molecule is FC1(F)CCN(c2cc(N=C(c3ccccc3)c3ccccc3)cn3cnnc23)CC1. The normalized spacial score (nSPS) is 15.7. The number of rotatable bonds is 4. The number of fused-ring (bicyclic) bond motifs is 1. The van der Waals surface area contributed by atoms with E-state index in [1.165, 1.54) is 0 Å². The van der Waals surface area contributed by atoms with E-state index in [1.54, 1.807) is 10.7 Å². The number of pyridine rings is 1. The fraction of sp³-hybridized carbons (Fsp3) is 0.208. The summed E-state index contributed by atoms with van der Waals surface area (Å²) in [4.78, 5) is 6.93. The molecule has 5 nitrogen and oxygen atoms in total. The first-order chi connectivity index (χ1) is 15.1. The summed E-state index contributed by atoms with van der Waals surface area (Å²) in [5.74, 6) is -2.61. The van der Waals surface area contributed by atoms with Gasteiger partial charge in [-0.1, -0.05) is 60.7 Å². The largest absolute Gasteiger partial charge is 0.368 e. The Morgan fingerprint density at radius 2 is 1.52 bits per heavy atom. The van der Waals surface area contributed by atoms with Gasteiger partial charge in [-0.25, -0.2) is 13.8 Å². The number of hydrogen-bond donors (Lipinski definition) is 0. The van der Waals surface area contributed by atoms with Gasteiger partial charge in [0.2, 0.25) is 0 Å².